The Balaban J connectivity index is 1.98. The maximum atomic E-state index is 12.2. The van der Waals surface area contributed by atoms with E-state index in [1.54, 1.807) is 0 Å². The Morgan fingerprint density at radius 1 is 1.15 bits per heavy atom. The van der Waals surface area contributed by atoms with E-state index in [0.29, 0.717) is 29.9 Å². The van der Waals surface area contributed by atoms with Crippen LogP contribution in [0.25, 0.3) is 5.69 Å². The summed E-state index contributed by atoms with van der Waals surface area (Å²) in [6.07, 6.45) is 0.702. The SMILES string of the molecule is CCCNC(=O)C(=O)Nc1c2c(nn1-c1ccc(C)cc1)CS(=O)(=O)C2. The number of aromatic nitrogens is 2. The van der Waals surface area contributed by atoms with Crippen LogP contribution in [0.3, 0.4) is 0 Å². The van der Waals surface area contributed by atoms with Gasteiger partial charge in [-0.25, -0.2) is 13.1 Å². The lowest BCUT2D eigenvalue weighted by Crippen LogP contribution is -2.36. The van der Waals surface area contributed by atoms with E-state index in [1.807, 2.05) is 38.1 Å². The van der Waals surface area contributed by atoms with Crippen molar-refractivity contribution in [2.75, 3.05) is 11.9 Å². The van der Waals surface area contributed by atoms with Gasteiger partial charge in [-0.3, -0.25) is 9.59 Å². The van der Waals surface area contributed by atoms with Crippen molar-refractivity contribution in [1.82, 2.24) is 15.1 Å². The molecule has 0 spiro atoms. The predicted octanol–water partition coefficient (Wildman–Crippen LogP) is 1.07. The van der Waals surface area contributed by atoms with Crippen LogP contribution in [-0.2, 0) is 30.9 Å². The molecule has 1 aromatic heterocycles. The Hall–Kier alpha value is -2.68. The zero-order valence-electron chi connectivity index (χ0n) is 14.6. The molecule has 0 radical (unpaired) electrons. The maximum absolute atomic E-state index is 12.2. The van der Waals surface area contributed by atoms with Crippen molar-refractivity contribution < 1.29 is 18.0 Å². The summed E-state index contributed by atoms with van der Waals surface area (Å²) in [5.41, 5.74) is 2.56. The third kappa shape index (κ3) is 3.62. The number of rotatable bonds is 4. The second-order valence-electron chi connectivity index (χ2n) is 6.26. The number of benzene rings is 1. The summed E-state index contributed by atoms with van der Waals surface area (Å²) in [7, 11) is -3.29. The number of sulfone groups is 1. The highest BCUT2D eigenvalue weighted by Gasteiger charge is 2.33. The number of fused-ring (bicyclic) bond motifs is 1. The van der Waals surface area contributed by atoms with Crippen molar-refractivity contribution in [1.29, 1.82) is 0 Å². The second kappa shape index (κ2) is 6.91. The Morgan fingerprint density at radius 3 is 2.50 bits per heavy atom. The minimum Gasteiger partial charge on any atom is -0.348 e. The highest BCUT2D eigenvalue weighted by atomic mass is 32.2. The smallest absolute Gasteiger partial charge is 0.314 e. The number of hydrogen-bond donors (Lipinski definition) is 2. The summed E-state index contributed by atoms with van der Waals surface area (Å²) in [4.78, 5) is 24.1. The third-order valence-corrected chi connectivity index (χ3v) is 5.48. The molecule has 1 aromatic carbocycles. The molecular weight excluding hydrogens is 356 g/mol. The van der Waals surface area contributed by atoms with Gasteiger partial charge in [-0.05, 0) is 25.5 Å². The first-order valence-electron chi connectivity index (χ1n) is 8.28. The Morgan fingerprint density at radius 2 is 1.85 bits per heavy atom. The van der Waals surface area contributed by atoms with E-state index in [9.17, 15) is 18.0 Å². The van der Waals surface area contributed by atoms with E-state index in [1.165, 1.54) is 4.68 Å². The minimum absolute atomic E-state index is 0.175. The fraction of sp³-hybridized carbons (Fsp3) is 0.353. The first kappa shape index (κ1) is 18.1. The number of carbonyl (C=O) groups is 2. The first-order valence-corrected chi connectivity index (χ1v) is 10.1. The number of amides is 2. The van der Waals surface area contributed by atoms with Gasteiger partial charge in [-0.2, -0.15) is 5.10 Å². The van der Waals surface area contributed by atoms with Crippen molar-refractivity contribution in [3.63, 3.8) is 0 Å². The molecule has 3 rings (SSSR count). The number of carbonyl (C=O) groups excluding carboxylic acids is 2. The van der Waals surface area contributed by atoms with Crippen molar-refractivity contribution in [3.05, 3.63) is 41.1 Å². The number of anilines is 1. The summed E-state index contributed by atoms with van der Waals surface area (Å²) < 4.78 is 25.3. The van der Waals surface area contributed by atoms with Crippen LogP contribution in [-0.4, -0.2) is 36.6 Å². The molecule has 8 nitrogen and oxygen atoms in total. The quantitative estimate of drug-likeness (QED) is 0.776. The monoisotopic (exact) mass is 376 g/mol. The van der Waals surface area contributed by atoms with Gasteiger partial charge in [0.15, 0.2) is 9.84 Å². The van der Waals surface area contributed by atoms with E-state index in [0.717, 1.165) is 5.56 Å². The van der Waals surface area contributed by atoms with Gasteiger partial charge in [-0.1, -0.05) is 24.6 Å². The van der Waals surface area contributed by atoms with Crippen LogP contribution in [0.1, 0.15) is 30.2 Å². The van der Waals surface area contributed by atoms with Crippen molar-refractivity contribution in [2.45, 2.75) is 31.8 Å². The summed E-state index contributed by atoms with van der Waals surface area (Å²) >= 11 is 0. The van der Waals surface area contributed by atoms with E-state index in [-0.39, 0.29) is 17.3 Å². The van der Waals surface area contributed by atoms with E-state index in [2.05, 4.69) is 15.7 Å². The van der Waals surface area contributed by atoms with Crippen LogP contribution in [0.15, 0.2) is 24.3 Å². The fourth-order valence-corrected chi connectivity index (χ4v) is 4.22. The average Bonchev–Trinajstić information content (AvgIpc) is 3.06. The molecule has 0 bridgehead atoms. The molecule has 2 aromatic rings. The number of aryl methyl sites for hydroxylation is 1. The lowest BCUT2D eigenvalue weighted by molar-refractivity contribution is -0.136. The van der Waals surface area contributed by atoms with Gasteiger partial charge in [-0.15, -0.1) is 0 Å². The van der Waals surface area contributed by atoms with Crippen molar-refractivity contribution in [2.24, 2.45) is 0 Å². The average molecular weight is 376 g/mol. The molecule has 0 saturated carbocycles. The zero-order chi connectivity index (χ0) is 18.9. The van der Waals surface area contributed by atoms with Crippen LogP contribution < -0.4 is 10.6 Å². The van der Waals surface area contributed by atoms with Crippen LogP contribution in [0.5, 0.6) is 0 Å². The molecule has 1 aliphatic heterocycles. The maximum Gasteiger partial charge on any atom is 0.314 e. The molecule has 0 atom stereocenters. The lowest BCUT2D eigenvalue weighted by atomic mass is 10.2. The highest BCUT2D eigenvalue weighted by molar-refractivity contribution is 7.90. The standard InChI is InChI=1S/C17H20N4O4S/c1-3-8-18-16(22)17(23)19-15-13-9-26(24,25)10-14(13)20-21(15)12-6-4-11(2)5-7-12/h4-7H,3,8-10H2,1-2H3,(H,18,22)(H,19,23). The summed E-state index contributed by atoms with van der Waals surface area (Å²) in [5.74, 6) is -1.77. The predicted molar refractivity (Wildman–Crippen MR) is 96.6 cm³/mol. The Bertz CT molecular complexity index is 961. The number of nitrogens with zero attached hydrogens (tertiary/aromatic N) is 2. The van der Waals surface area contributed by atoms with Crippen molar-refractivity contribution in [3.8, 4) is 5.69 Å². The topological polar surface area (TPSA) is 110 Å². The third-order valence-electron chi connectivity index (χ3n) is 4.04. The molecule has 0 aliphatic carbocycles. The van der Waals surface area contributed by atoms with Gasteiger partial charge in [0.25, 0.3) is 0 Å². The van der Waals surface area contributed by atoms with Crippen LogP contribution in [0.2, 0.25) is 0 Å². The van der Waals surface area contributed by atoms with Crippen LogP contribution in [0, 0.1) is 6.92 Å². The highest BCUT2D eigenvalue weighted by Crippen LogP contribution is 2.32. The molecule has 0 saturated heterocycles. The summed E-state index contributed by atoms with van der Waals surface area (Å²) in [5, 5.41) is 9.38. The van der Waals surface area contributed by atoms with Gasteiger partial charge in [0.05, 0.1) is 22.9 Å². The van der Waals surface area contributed by atoms with E-state index in [4.69, 9.17) is 0 Å². The van der Waals surface area contributed by atoms with E-state index < -0.39 is 21.7 Å². The Labute approximate surface area is 151 Å². The van der Waals surface area contributed by atoms with E-state index >= 15 is 0 Å². The largest absolute Gasteiger partial charge is 0.348 e. The molecule has 138 valence electrons. The fourth-order valence-electron chi connectivity index (χ4n) is 2.73. The van der Waals surface area contributed by atoms with Crippen LogP contribution >= 0.6 is 0 Å². The number of hydrogen-bond acceptors (Lipinski definition) is 5. The van der Waals surface area contributed by atoms with Crippen molar-refractivity contribution >= 4 is 27.5 Å². The van der Waals surface area contributed by atoms with Gasteiger partial charge < -0.3 is 10.6 Å². The minimum atomic E-state index is -3.29. The lowest BCUT2D eigenvalue weighted by Gasteiger charge is -2.11. The van der Waals surface area contributed by atoms with Gasteiger partial charge in [0.2, 0.25) is 0 Å². The molecule has 1 aliphatic rings. The second-order valence-corrected chi connectivity index (χ2v) is 8.33. The molecule has 2 heterocycles. The number of nitrogens with one attached hydrogen (secondary N) is 2. The van der Waals surface area contributed by atoms with Gasteiger partial charge >= 0.3 is 11.8 Å². The normalized spacial score (nSPS) is 14.7. The molecule has 2 amide bonds. The molecule has 9 heteroatoms. The van der Waals surface area contributed by atoms with Crippen LogP contribution in [0.4, 0.5) is 5.82 Å². The first-order chi connectivity index (χ1) is 12.3. The molecule has 2 N–H and O–H groups in total. The summed E-state index contributed by atoms with van der Waals surface area (Å²) in [6.45, 7) is 4.21. The molecule has 0 unspecified atom stereocenters. The van der Waals surface area contributed by atoms with Gasteiger partial charge in [0, 0.05) is 12.1 Å². The van der Waals surface area contributed by atoms with Gasteiger partial charge in [0.1, 0.15) is 5.82 Å². The summed E-state index contributed by atoms with van der Waals surface area (Å²) in [6, 6.07) is 7.41. The molecule has 0 fully saturated rings. The zero-order valence-corrected chi connectivity index (χ0v) is 15.4. The molecule has 26 heavy (non-hydrogen) atoms. The molecular formula is C17H20N4O4S. The Kier molecular flexibility index (Phi) is 4.82.